The number of nitriles is 1. The predicted octanol–water partition coefficient (Wildman–Crippen LogP) is 1.49. The van der Waals surface area contributed by atoms with Gasteiger partial charge in [0, 0.05) is 5.69 Å². The summed E-state index contributed by atoms with van der Waals surface area (Å²) < 4.78 is 4.51. The monoisotopic (exact) mass is 303 g/mol. The first-order valence-corrected chi connectivity index (χ1v) is 6.38. The maximum absolute atomic E-state index is 11.1. The molecule has 0 radical (unpaired) electrons. The molecule has 4 N–H and O–H groups in total. The Morgan fingerprint density at radius 2 is 2.19 bits per heavy atom. The first-order valence-electron chi connectivity index (χ1n) is 5.94. The zero-order chi connectivity index (χ0) is 15.4. The van der Waals surface area contributed by atoms with Gasteiger partial charge in [0.1, 0.15) is 11.9 Å². The molecular formula is C13H13N5O2S. The number of nitrogens with one attached hydrogen (secondary N) is 2. The van der Waals surface area contributed by atoms with Gasteiger partial charge >= 0.3 is 6.09 Å². The molecule has 0 saturated heterocycles. The van der Waals surface area contributed by atoms with Crippen molar-refractivity contribution in [2.75, 3.05) is 12.4 Å². The lowest BCUT2D eigenvalue weighted by Crippen LogP contribution is -2.31. The number of nitrogens with two attached hydrogens (primary N) is 1. The van der Waals surface area contributed by atoms with E-state index in [-0.39, 0.29) is 5.82 Å². The van der Waals surface area contributed by atoms with Crippen LogP contribution in [0.15, 0.2) is 40.7 Å². The van der Waals surface area contributed by atoms with Crippen LogP contribution >= 0.6 is 12.6 Å². The van der Waals surface area contributed by atoms with Crippen molar-refractivity contribution >= 4 is 29.6 Å². The van der Waals surface area contributed by atoms with Crippen molar-refractivity contribution in [3.05, 3.63) is 41.2 Å². The third kappa shape index (κ3) is 3.27. The summed E-state index contributed by atoms with van der Waals surface area (Å²) in [5.74, 6) is 0.142. The van der Waals surface area contributed by atoms with Gasteiger partial charge in [0.15, 0.2) is 5.17 Å². The Labute approximate surface area is 126 Å². The maximum atomic E-state index is 11.1. The lowest BCUT2D eigenvalue weighted by molar-refractivity contribution is 0.187. The van der Waals surface area contributed by atoms with Crippen LogP contribution in [0.4, 0.5) is 10.5 Å². The average molecular weight is 303 g/mol. The fraction of sp³-hybridized carbons (Fsp3) is 0.154. The number of thiol groups is 1. The highest BCUT2D eigenvalue weighted by Crippen LogP contribution is 2.27. The van der Waals surface area contributed by atoms with Crippen LogP contribution in [0.1, 0.15) is 11.6 Å². The molecule has 0 fully saturated rings. The summed E-state index contributed by atoms with van der Waals surface area (Å²) in [4.78, 5) is 15.0. The van der Waals surface area contributed by atoms with E-state index in [2.05, 4.69) is 33.0 Å². The largest absolute Gasteiger partial charge is 0.453 e. The van der Waals surface area contributed by atoms with Crippen LogP contribution in [0.5, 0.6) is 0 Å². The molecule has 0 saturated carbocycles. The van der Waals surface area contributed by atoms with E-state index in [0.29, 0.717) is 16.4 Å². The number of carbonyl (C=O) groups is 1. The van der Waals surface area contributed by atoms with Crippen molar-refractivity contribution in [2.24, 2.45) is 10.7 Å². The summed E-state index contributed by atoms with van der Waals surface area (Å²) >= 11 is 4.13. The molecule has 0 aliphatic carbocycles. The fourth-order valence-corrected chi connectivity index (χ4v) is 2.09. The van der Waals surface area contributed by atoms with Crippen molar-refractivity contribution in [1.29, 1.82) is 5.26 Å². The highest BCUT2D eigenvalue weighted by atomic mass is 32.1. The van der Waals surface area contributed by atoms with Crippen LogP contribution in [-0.4, -0.2) is 18.4 Å². The molecule has 8 heteroatoms. The minimum Gasteiger partial charge on any atom is -0.453 e. The molecule has 0 bridgehead atoms. The molecule has 1 aromatic carbocycles. The van der Waals surface area contributed by atoms with Gasteiger partial charge in [-0.25, -0.2) is 9.79 Å². The summed E-state index contributed by atoms with van der Waals surface area (Å²) in [6.45, 7) is 0. The second-order valence-corrected chi connectivity index (χ2v) is 4.59. The van der Waals surface area contributed by atoms with Gasteiger partial charge in [0.05, 0.1) is 18.7 Å². The molecule has 1 unspecified atom stereocenters. The number of benzene rings is 1. The van der Waals surface area contributed by atoms with Crippen LogP contribution in [0.2, 0.25) is 0 Å². The molecule has 7 nitrogen and oxygen atoms in total. The Bertz CT molecular complexity index is 660. The van der Waals surface area contributed by atoms with Crippen molar-refractivity contribution in [3.8, 4) is 6.07 Å². The molecule has 1 amide bonds. The van der Waals surface area contributed by atoms with Crippen LogP contribution in [0.3, 0.4) is 0 Å². The van der Waals surface area contributed by atoms with Crippen molar-refractivity contribution in [2.45, 2.75) is 6.04 Å². The summed E-state index contributed by atoms with van der Waals surface area (Å²) in [6.07, 6.45) is -0.551. The molecule has 0 spiro atoms. The number of amides is 1. The normalized spacial score (nSPS) is 17.4. The number of nitrogens with zero attached hydrogens (tertiary/aromatic N) is 2. The smallest absolute Gasteiger partial charge is 0.411 e. The first kappa shape index (κ1) is 14.7. The van der Waals surface area contributed by atoms with Crippen LogP contribution in [0.25, 0.3) is 0 Å². The van der Waals surface area contributed by atoms with Gasteiger partial charge in [-0.3, -0.25) is 5.32 Å². The number of hydrogen-bond acceptors (Lipinski definition) is 6. The van der Waals surface area contributed by atoms with E-state index in [1.807, 2.05) is 6.07 Å². The van der Waals surface area contributed by atoms with Gasteiger partial charge in [-0.2, -0.15) is 5.26 Å². The number of amidine groups is 1. The maximum Gasteiger partial charge on any atom is 0.411 e. The zero-order valence-electron chi connectivity index (χ0n) is 11.1. The highest BCUT2D eigenvalue weighted by molar-refractivity contribution is 7.96. The third-order valence-electron chi connectivity index (χ3n) is 2.86. The number of rotatable bonds is 2. The molecule has 1 aliphatic heterocycles. The quantitative estimate of drug-likeness (QED) is 0.618. The molecule has 2 rings (SSSR count). The van der Waals surface area contributed by atoms with E-state index < -0.39 is 12.1 Å². The lowest BCUT2D eigenvalue weighted by Gasteiger charge is -2.23. The Balaban J connectivity index is 2.25. The average Bonchev–Trinajstić information content (AvgIpc) is 2.47. The van der Waals surface area contributed by atoms with E-state index in [4.69, 9.17) is 5.73 Å². The van der Waals surface area contributed by atoms with Gasteiger partial charge < -0.3 is 15.8 Å². The predicted molar refractivity (Wildman–Crippen MR) is 81.6 cm³/mol. The summed E-state index contributed by atoms with van der Waals surface area (Å²) in [5.41, 5.74) is 7.43. The number of carbonyl (C=O) groups excluding carboxylic acids is 1. The van der Waals surface area contributed by atoms with Crippen molar-refractivity contribution in [1.82, 2.24) is 5.32 Å². The van der Waals surface area contributed by atoms with Crippen LogP contribution in [-0.2, 0) is 4.74 Å². The minimum absolute atomic E-state index is 0.142. The number of ether oxygens (including phenoxy) is 1. The Kier molecular flexibility index (Phi) is 4.35. The van der Waals surface area contributed by atoms with E-state index in [1.165, 1.54) is 7.11 Å². The second kappa shape index (κ2) is 6.19. The highest BCUT2D eigenvalue weighted by Gasteiger charge is 2.24. The van der Waals surface area contributed by atoms with Crippen LogP contribution < -0.4 is 16.4 Å². The first-order chi connectivity index (χ1) is 10.0. The zero-order valence-corrected chi connectivity index (χ0v) is 12.0. The molecular weight excluding hydrogens is 290 g/mol. The van der Waals surface area contributed by atoms with E-state index in [0.717, 1.165) is 5.56 Å². The summed E-state index contributed by atoms with van der Waals surface area (Å²) in [5, 5.41) is 15.0. The molecule has 1 aromatic rings. The molecule has 0 aromatic heterocycles. The minimum atomic E-state index is -0.551. The number of anilines is 1. The molecule has 21 heavy (non-hydrogen) atoms. The molecule has 1 heterocycles. The van der Waals surface area contributed by atoms with Gasteiger partial charge in [0.2, 0.25) is 0 Å². The number of methoxy groups -OCH3 is 1. The van der Waals surface area contributed by atoms with Gasteiger partial charge in [0.25, 0.3) is 0 Å². The number of hydrogen-bond donors (Lipinski definition) is 4. The van der Waals surface area contributed by atoms with Gasteiger partial charge in [-0.05, 0) is 17.7 Å². The van der Waals surface area contributed by atoms with E-state index in [1.54, 1.807) is 24.3 Å². The lowest BCUT2D eigenvalue weighted by atomic mass is 9.98. The Hall–Kier alpha value is -2.66. The second-order valence-electron chi connectivity index (χ2n) is 4.16. The fourth-order valence-electron chi connectivity index (χ4n) is 1.86. The van der Waals surface area contributed by atoms with E-state index >= 15 is 0 Å². The molecule has 1 aliphatic rings. The topological polar surface area (TPSA) is 113 Å². The van der Waals surface area contributed by atoms with Crippen molar-refractivity contribution in [3.63, 3.8) is 0 Å². The van der Waals surface area contributed by atoms with Crippen molar-refractivity contribution < 1.29 is 9.53 Å². The van der Waals surface area contributed by atoms with Gasteiger partial charge in [-0.15, -0.1) is 12.6 Å². The SMILES string of the molecule is COC(=O)Nc1ccc(C2NC(S)=NC(N)=C2C#N)cc1. The van der Waals surface area contributed by atoms with Gasteiger partial charge in [-0.1, -0.05) is 12.1 Å². The molecule has 108 valence electrons. The Morgan fingerprint density at radius 1 is 1.52 bits per heavy atom. The third-order valence-corrected chi connectivity index (χ3v) is 3.09. The summed E-state index contributed by atoms with van der Waals surface area (Å²) in [6, 6.07) is 8.54. The standard InChI is InChI=1S/C13H13N5O2S/c1-20-13(19)16-8-4-2-7(3-5-8)10-9(6-14)11(15)18-12(21)17-10/h2-5,10H,15H2,1H3,(H,16,19)(H2,17,18,21). The van der Waals surface area contributed by atoms with Crippen LogP contribution in [0, 0.1) is 11.3 Å². The van der Waals surface area contributed by atoms with E-state index in [9.17, 15) is 10.1 Å². The molecule has 1 atom stereocenters. The summed E-state index contributed by atoms with van der Waals surface area (Å²) in [7, 11) is 1.29. The number of aliphatic imine (C=N–C) groups is 1. The Morgan fingerprint density at radius 3 is 2.76 bits per heavy atom.